The Morgan fingerprint density at radius 1 is 1.13 bits per heavy atom. The van der Waals surface area contributed by atoms with Crippen molar-refractivity contribution in [1.82, 2.24) is 4.90 Å². The van der Waals surface area contributed by atoms with Gasteiger partial charge in [-0.05, 0) is 97.2 Å². The van der Waals surface area contributed by atoms with Crippen LogP contribution in [0.2, 0.25) is 0 Å². The van der Waals surface area contributed by atoms with Crippen LogP contribution in [0, 0.1) is 17.8 Å². The van der Waals surface area contributed by atoms with Crippen molar-refractivity contribution in [3.63, 3.8) is 0 Å². The smallest absolute Gasteiger partial charge is 0.325 e. The summed E-state index contributed by atoms with van der Waals surface area (Å²) in [5, 5.41) is -0.460. The summed E-state index contributed by atoms with van der Waals surface area (Å²) in [4.78, 5) is 37.8. The minimum Gasteiger partial charge on any atom is -0.496 e. The summed E-state index contributed by atoms with van der Waals surface area (Å²) in [6.07, 6.45) is 9.63. The van der Waals surface area contributed by atoms with Crippen LogP contribution in [0.15, 0.2) is 23.1 Å². The van der Waals surface area contributed by atoms with Gasteiger partial charge in [-0.1, -0.05) is 6.07 Å². The quantitative estimate of drug-likeness (QED) is 0.499. The predicted molar refractivity (Wildman–Crippen MR) is 118 cm³/mol. The molecule has 164 valence electrons. The highest BCUT2D eigenvalue weighted by molar-refractivity contribution is 8.18. The minimum atomic E-state index is -0.620. The van der Waals surface area contributed by atoms with Crippen molar-refractivity contribution in [2.75, 3.05) is 20.8 Å². The zero-order valence-electron chi connectivity index (χ0n) is 17.9. The molecule has 31 heavy (non-hydrogen) atoms. The van der Waals surface area contributed by atoms with Crippen LogP contribution >= 0.6 is 11.8 Å². The van der Waals surface area contributed by atoms with E-state index in [-0.39, 0.29) is 12.0 Å². The van der Waals surface area contributed by atoms with Gasteiger partial charge in [0.2, 0.25) is 0 Å². The molecule has 0 unspecified atom stereocenters. The second-order valence-corrected chi connectivity index (χ2v) is 10.5. The van der Waals surface area contributed by atoms with Crippen LogP contribution < -0.4 is 4.74 Å². The summed E-state index contributed by atoms with van der Waals surface area (Å²) < 4.78 is 10.2. The second kappa shape index (κ2) is 7.69. The Kier molecular flexibility index (Phi) is 5.12. The lowest BCUT2D eigenvalue weighted by molar-refractivity contribution is -0.143. The maximum absolute atomic E-state index is 12.7. The largest absolute Gasteiger partial charge is 0.496 e. The highest BCUT2D eigenvalue weighted by atomic mass is 32.2. The Morgan fingerprint density at radius 2 is 1.77 bits per heavy atom. The number of carbonyl (C=O) groups excluding carboxylic acids is 3. The summed E-state index contributed by atoms with van der Waals surface area (Å²) in [7, 11) is 2.85. The van der Waals surface area contributed by atoms with E-state index in [0.29, 0.717) is 10.7 Å². The first-order chi connectivity index (χ1) is 14.9. The molecule has 1 aromatic carbocycles. The van der Waals surface area contributed by atoms with Gasteiger partial charge in [-0.25, -0.2) is 0 Å². The zero-order chi connectivity index (χ0) is 21.8. The number of amides is 2. The monoisotopic (exact) mass is 441 g/mol. The molecule has 0 atom stereocenters. The number of rotatable bonds is 5. The molecule has 4 aliphatic carbocycles. The molecular formula is C24H27NO5S. The fraction of sp³-hybridized carbons (Fsp3) is 0.542. The maximum Gasteiger partial charge on any atom is 0.325 e. The number of esters is 1. The van der Waals surface area contributed by atoms with E-state index in [9.17, 15) is 14.4 Å². The SMILES string of the molecule is COC(=O)CN1C(=O)S/C(=C/c2cc(C34CC5CC(CC(C5)C3)C4)ccc2OC)C1=O. The second-order valence-electron chi connectivity index (χ2n) is 9.50. The first-order valence-corrected chi connectivity index (χ1v) is 11.7. The third kappa shape index (κ3) is 3.56. The van der Waals surface area contributed by atoms with E-state index >= 15 is 0 Å². The average Bonchev–Trinajstić information content (AvgIpc) is 3.00. The topological polar surface area (TPSA) is 72.9 Å². The number of imide groups is 1. The van der Waals surface area contributed by atoms with Crippen molar-refractivity contribution < 1.29 is 23.9 Å². The molecule has 0 N–H and O–H groups in total. The average molecular weight is 442 g/mol. The van der Waals surface area contributed by atoms with E-state index in [1.165, 1.54) is 51.2 Å². The number of carbonyl (C=O) groups is 3. The molecule has 5 aliphatic rings. The fourth-order valence-corrected chi connectivity index (χ4v) is 7.44. The number of nitrogens with zero attached hydrogens (tertiary/aromatic N) is 1. The van der Waals surface area contributed by atoms with Crippen LogP contribution in [0.5, 0.6) is 5.75 Å². The molecule has 6 rings (SSSR count). The lowest BCUT2D eigenvalue weighted by Crippen LogP contribution is -2.48. The standard InChI is InChI=1S/C24H27NO5S/c1-29-19-4-3-18(24-10-14-5-15(11-24)7-16(6-14)12-24)8-17(19)9-20-22(27)25(23(28)31-20)13-21(26)30-2/h3-4,8-9,14-16H,5-7,10-13H2,1-2H3/b20-9+. The Hall–Kier alpha value is -2.28. The third-order valence-electron chi connectivity index (χ3n) is 7.56. The molecule has 1 aliphatic heterocycles. The Balaban J connectivity index is 1.47. The number of benzene rings is 1. The molecule has 0 spiro atoms. The summed E-state index contributed by atoms with van der Waals surface area (Å²) >= 11 is 0.849. The van der Waals surface area contributed by atoms with E-state index < -0.39 is 17.1 Å². The molecule has 1 aromatic rings. The highest BCUT2D eigenvalue weighted by Crippen LogP contribution is 2.61. The highest BCUT2D eigenvalue weighted by Gasteiger charge is 2.51. The number of methoxy groups -OCH3 is 2. The molecule has 0 aromatic heterocycles. The molecule has 1 saturated heterocycles. The van der Waals surface area contributed by atoms with Gasteiger partial charge >= 0.3 is 5.97 Å². The van der Waals surface area contributed by atoms with Crippen molar-refractivity contribution in [2.24, 2.45) is 17.8 Å². The maximum atomic E-state index is 12.7. The first-order valence-electron chi connectivity index (χ1n) is 10.9. The Bertz CT molecular complexity index is 949. The lowest BCUT2D eigenvalue weighted by atomic mass is 9.48. The van der Waals surface area contributed by atoms with Crippen molar-refractivity contribution in [3.8, 4) is 5.75 Å². The summed E-state index contributed by atoms with van der Waals surface area (Å²) in [5.74, 6) is 2.10. The first kappa shape index (κ1) is 20.6. The van der Waals surface area contributed by atoms with Gasteiger partial charge in [0.1, 0.15) is 12.3 Å². The molecule has 1 heterocycles. The van der Waals surface area contributed by atoms with Gasteiger partial charge in [0, 0.05) is 5.56 Å². The van der Waals surface area contributed by atoms with Crippen molar-refractivity contribution >= 4 is 35.0 Å². The van der Waals surface area contributed by atoms with Crippen LogP contribution in [-0.4, -0.2) is 42.8 Å². The molecule has 4 bridgehead atoms. The zero-order valence-corrected chi connectivity index (χ0v) is 18.7. The van der Waals surface area contributed by atoms with Crippen LogP contribution in [-0.2, 0) is 19.7 Å². The molecule has 5 fully saturated rings. The van der Waals surface area contributed by atoms with Gasteiger partial charge < -0.3 is 9.47 Å². The van der Waals surface area contributed by atoms with E-state index in [1.807, 2.05) is 6.07 Å². The molecule has 0 radical (unpaired) electrons. The van der Waals surface area contributed by atoms with E-state index in [4.69, 9.17) is 4.74 Å². The fourth-order valence-electron chi connectivity index (χ4n) is 6.61. The molecule has 7 heteroatoms. The van der Waals surface area contributed by atoms with Crippen LogP contribution in [0.1, 0.15) is 49.7 Å². The van der Waals surface area contributed by atoms with Crippen molar-refractivity contribution in [3.05, 3.63) is 34.2 Å². The number of thioether (sulfide) groups is 1. The summed E-state index contributed by atoms with van der Waals surface area (Å²) in [6.45, 7) is -0.372. The van der Waals surface area contributed by atoms with Crippen molar-refractivity contribution in [1.29, 1.82) is 0 Å². The Labute approximate surface area is 186 Å². The number of hydrogen-bond acceptors (Lipinski definition) is 6. The van der Waals surface area contributed by atoms with Crippen LogP contribution in [0.3, 0.4) is 0 Å². The van der Waals surface area contributed by atoms with Gasteiger partial charge in [0.15, 0.2) is 0 Å². The summed E-state index contributed by atoms with van der Waals surface area (Å²) in [6, 6.07) is 6.32. The normalized spacial score (nSPS) is 32.8. The van der Waals surface area contributed by atoms with E-state index in [2.05, 4.69) is 16.9 Å². The molecule has 2 amide bonds. The van der Waals surface area contributed by atoms with Crippen LogP contribution in [0.4, 0.5) is 4.79 Å². The predicted octanol–water partition coefficient (Wildman–Crippen LogP) is 4.37. The van der Waals surface area contributed by atoms with E-state index in [1.54, 1.807) is 13.2 Å². The molecule has 6 nitrogen and oxygen atoms in total. The number of hydrogen-bond donors (Lipinski definition) is 0. The van der Waals surface area contributed by atoms with Gasteiger partial charge in [-0.2, -0.15) is 0 Å². The molecule has 4 saturated carbocycles. The summed E-state index contributed by atoms with van der Waals surface area (Å²) in [5.41, 5.74) is 2.36. The van der Waals surface area contributed by atoms with Gasteiger partial charge in [-0.3, -0.25) is 19.3 Å². The Morgan fingerprint density at radius 3 is 2.35 bits per heavy atom. The van der Waals surface area contributed by atoms with E-state index in [0.717, 1.165) is 40.0 Å². The van der Waals surface area contributed by atoms with Crippen LogP contribution in [0.25, 0.3) is 6.08 Å². The molecular weight excluding hydrogens is 414 g/mol. The number of ether oxygens (including phenoxy) is 2. The third-order valence-corrected chi connectivity index (χ3v) is 8.46. The van der Waals surface area contributed by atoms with Gasteiger partial charge in [0.05, 0.1) is 19.1 Å². The van der Waals surface area contributed by atoms with Crippen molar-refractivity contribution in [2.45, 2.75) is 43.9 Å². The van der Waals surface area contributed by atoms with Gasteiger partial charge in [0.25, 0.3) is 11.1 Å². The lowest BCUT2D eigenvalue weighted by Gasteiger charge is -2.57. The van der Waals surface area contributed by atoms with Gasteiger partial charge in [-0.15, -0.1) is 0 Å². The minimum absolute atomic E-state index is 0.230.